The Morgan fingerprint density at radius 3 is 2.35 bits per heavy atom. The average molecular weight is 254 g/mol. The Hall–Kier alpha value is -0.590. The van der Waals surface area contributed by atoms with Gasteiger partial charge in [-0.25, -0.2) is 0 Å². The Morgan fingerprint density at radius 1 is 1.06 bits per heavy atom. The second kappa shape index (κ2) is 7.68. The summed E-state index contributed by atoms with van der Waals surface area (Å²) in [4.78, 5) is 0. The van der Waals surface area contributed by atoms with Crippen LogP contribution in [0.2, 0.25) is 0 Å². The molecule has 0 aliphatic rings. The standard InChI is InChI=1S/C14H23O2P/c1-3-5-6-10-13-17(15,16-4-2)14-11-8-7-9-12-14/h7-9,11-12H,3-6,10,13H2,1-2H3. The van der Waals surface area contributed by atoms with Crippen LogP contribution in [-0.4, -0.2) is 12.8 Å². The monoisotopic (exact) mass is 254 g/mol. The molecule has 0 spiro atoms. The first-order chi connectivity index (χ1) is 8.23. The lowest BCUT2D eigenvalue weighted by atomic mass is 10.2. The van der Waals surface area contributed by atoms with Gasteiger partial charge in [0, 0.05) is 11.5 Å². The molecule has 1 unspecified atom stereocenters. The second-order valence-corrected chi connectivity index (χ2v) is 6.78. The molecule has 17 heavy (non-hydrogen) atoms. The molecule has 3 heteroatoms. The minimum Gasteiger partial charge on any atom is -0.326 e. The molecule has 1 atom stereocenters. The van der Waals surface area contributed by atoms with E-state index in [4.69, 9.17) is 4.52 Å². The van der Waals surface area contributed by atoms with Crippen molar-refractivity contribution in [1.82, 2.24) is 0 Å². The Labute approximate surface area is 105 Å². The number of benzene rings is 1. The highest BCUT2D eigenvalue weighted by atomic mass is 31.2. The van der Waals surface area contributed by atoms with E-state index in [1.165, 1.54) is 12.8 Å². The summed E-state index contributed by atoms with van der Waals surface area (Å²) in [6.45, 7) is 4.60. The van der Waals surface area contributed by atoms with Crippen LogP contribution < -0.4 is 5.30 Å². The third-order valence-corrected chi connectivity index (χ3v) is 5.46. The van der Waals surface area contributed by atoms with E-state index in [-0.39, 0.29) is 0 Å². The Morgan fingerprint density at radius 2 is 1.76 bits per heavy atom. The first kappa shape index (κ1) is 14.5. The molecule has 0 heterocycles. The second-order valence-electron chi connectivity index (χ2n) is 4.21. The van der Waals surface area contributed by atoms with Crippen LogP contribution in [0.1, 0.15) is 39.5 Å². The molecule has 0 fully saturated rings. The van der Waals surface area contributed by atoms with Gasteiger partial charge >= 0.3 is 0 Å². The van der Waals surface area contributed by atoms with Crippen molar-refractivity contribution < 1.29 is 9.09 Å². The minimum absolute atomic E-state index is 0.514. The quantitative estimate of drug-likeness (QED) is 0.513. The number of hydrogen-bond donors (Lipinski definition) is 0. The molecule has 1 aromatic rings. The fourth-order valence-electron chi connectivity index (χ4n) is 1.88. The summed E-state index contributed by atoms with van der Waals surface area (Å²) in [6, 6.07) is 9.61. The van der Waals surface area contributed by atoms with E-state index in [2.05, 4.69) is 6.92 Å². The maximum atomic E-state index is 12.8. The molecule has 0 aromatic heterocycles. The van der Waals surface area contributed by atoms with Crippen LogP contribution in [0.25, 0.3) is 0 Å². The molecule has 0 bridgehead atoms. The topological polar surface area (TPSA) is 26.3 Å². The summed E-state index contributed by atoms with van der Waals surface area (Å²) in [5, 5.41) is 0.860. The molecule has 0 N–H and O–H groups in total. The molecule has 2 nitrogen and oxygen atoms in total. The maximum Gasteiger partial charge on any atom is 0.232 e. The van der Waals surface area contributed by atoms with Gasteiger partial charge in [0.15, 0.2) is 0 Å². The minimum atomic E-state index is -2.61. The summed E-state index contributed by atoms with van der Waals surface area (Å²) in [6.07, 6.45) is 5.20. The van der Waals surface area contributed by atoms with Gasteiger partial charge < -0.3 is 4.52 Å². The normalized spacial score (nSPS) is 14.5. The van der Waals surface area contributed by atoms with E-state index >= 15 is 0 Å². The summed E-state index contributed by atoms with van der Waals surface area (Å²) in [5.74, 6) is 0. The zero-order chi connectivity index (χ0) is 12.6. The van der Waals surface area contributed by atoms with Gasteiger partial charge in [-0.15, -0.1) is 0 Å². The maximum absolute atomic E-state index is 12.8. The van der Waals surface area contributed by atoms with Gasteiger partial charge in [0.1, 0.15) is 0 Å². The first-order valence-electron chi connectivity index (χ1n) is 6.52. The number of rotatable bonds is 8. The molecule has 0 radical (unpaired) electrons. The van der Waals surface area contributed by atoms with Gasteiger partial charge in [-0.3, -0.25) is 4.57 Å². The van der Waals surface area contributed by atoms with E-state index in [0.29, 0.717) is 12.8 Å². The molecule has 0 aliphatic heterocycles. The number of hydrogen-bond acceptors (Lipinski definition) is 2. The summed E-state index contributed by atoms with van der Waals surface area (Å²) in [7, 11) is -2.61. The Kier molecular flexibility index (Phi) is 6.54. The van der Waals surface area contributed by atoms with Crippen molar-refractivity contribution in [2.45, 2.75) is 39.5 Å². The third-order valence-electron chi connectivity index (χ3n) is 2.79. The highest BCUT2D eigenvalue weighted by molar-refractivity contribution is 7.67. The SMILES string of the molecule is CCCCCCP(=O)(OCC)c1ccccc1. The van der Waals surface area contributed by atoms with Gasteiger partial charge in [-0.05, 0) is 25.5 Å². The van der Waals surface area contributed by atoms with E-state index in [9.17, 15) is 4.57 Å². The summed E-state index contributed by atoms with van der Waals surface area (Å²) < 4.78 is 18.3. The van der Waals surface area contributed by atoms with Crippen molar-refractivity contribution in [3.8, 4) is 0 Å². The van der Waals surface area contributed by atoms with E-state index in [0.717, 1.165) is 18.1 Å². The van der Waals surface area contributed by atoms with Crippen molar-refractivity contribution in [3.63, 3.8) is 0 Å². The predicted molar refractivity (Wildman–Crippen MR) is 74.3 cm³/mol. The average Bonchev–Trinajstić information content (AvgIpc) is 2.36. The molecule has 0 amide bonds. The molecule has 96 valence electrons. The summed E-state index contributed by atoms with van der Waals surface area (Å²) >= 11 is 0. The molecule has 1 aromatic carbocycles. The molecule has 1 rings (SSSR count). The molecule has 0 saturated carbocycles. The van der Waals surface area contributed by atoms with Crippen molar-refractivity contribution >= 4 is 12.7 Å². The predicted octanol–water partition coefficient (Wildman–Crippen LogP) is 4.21. The van der Waals surface area contributed by atoms with Crippen LogP contribution in [-0.2, 0) is 9.09 Å². The van der Waals surface area contributed by atoms with Crippen LogP contribution in [0.15, 0.2) is 30.3 Å². The van der Waals surface area contributed by atoms with Gasteiger partial charge in [-0.1, -0.05) is 44.4 Å². The first-order valence-corrected chi connectivity index (χ1v) is 8.33. The largest absolute Gasteiger partial charge is 0.326 e. The van der Waals surface area contributed by atoms with E-state index in [1.807, 2.05) is 37.3 Å². The van der Waals surface area contributed by atoms with Gasteiger partial charge in [-0.2, -0.15) is 0 Å². The van der Waals surface area contributed by atoms with Crippen LogP contribution in [0.5, 0.6) is 0 Å². The lowest BCUT2D eigenvalue weighted by Gasteiger charge is -2.18. The van der Waals surface area contributed by atoms with Crippen molar-refractivity contribution in [2.24, 2.45) is 0 Å². The fraction of sp³-hybridized carbons (Fsp3) is 0.571. The Bertz CT molecular complexity index is 348. The summed E-state index contributed by atoms with van der Waals surface area (Å²) in [5.41, 5.74) is 0. The van der Waals surface area contributed by atoms with Crippen LogP contribution >= 0.6 is 7.37 Å². The smallest absolute Gasteiger partial charge is 0.232 e. The molecule has 0 aliphatic carbocycles. The van der Waals surface area contributed by atoms with Gasteiger partial charge in [0.2, 0.25) is 7.37 Å². The van der Waals surface area contributed by atoms with Crippen LogP contribution in [0.4, 0.5) is 0 Å². The zero-order valence-electron chi connectivity index (χ0n) is 10.9. The van der Waals surface area contributed by atoms with Crippen molar-refractivity contribution in [2.75, 3.05) is 12.8 Å². The Balaban J connectivity index is 2.66. The number of unbranched alkanes of at least 4 members (excludes halogenated alkanes) is 3. The fourth-order valence-corrected chi connectivity index (χ4v) is 4.10. The highest BCUT2D eigenvalue weighted by Gasteiger charge is 2.24. The highest BCUT2D eigenvalue weighted by Crippen LogP contribution is 2.46. The van der Waals surface area contributed by atoms with Crippen molar-refractivity contribution in [3.05, 3.63) is 30.3 Å². The van der Waals surface area contributed by atoms with E-state index < -0.39 is 7.37 Å². The molecular formula is C14H23O2P. The zero-order valence-corrected chi connectivity index (χ0v) is 11.8. The van der Waals surface area contributed by atoms with Crippen LogP contribution in [0.3, 0.4) is 0 Å². The van der Waals surface area contributed by atoms with E-state index in [1.54, 1.807) is 0 Å². The van der Waals surface area contributed by atoms with Crippen molar-refractivity contribution in [1.29, 1.82) is 0 Å². The third kappa shape index (κ3) is 4.65. The van der Waals surface area contributed by atoms with Gasteiger partial charge in [0.05, 0.1) is 6.61 Å². The lowest BCUT2D eigenvalue weighted by Crippen LogP contribution is -2.10. The van der Waals surface area contributed by atoms with Gasteiger partial charge in [0.25, 0.3) is 0 Å². The molecular weight excluding hydrogens is 231 g/mol. The van der Waals surface area contributed by atoms with Crippen LogP contribution in [0, 0.1) is 0 Å². The molecule has 0 saturated heterocycles. The lowest BCUT2D eigenvalue weighted by molar-refractivity contribution is 0.339.